The van der Waals surface area contributed by atoms with Gasteiger partial charge in [-0.3, -0.25) is 0 Å². The Balaban J connectivity index is 2.32. The lowest BCUT2D eigenvalue weighted by atomic mass is 10.2. The molecule has 0 saturated carbocycles. The Morgan fingerprint density at radius 1 is 0.679 bits per heavy atom. The summed E-state index contributed by atoms with van der Waals surface area (Å²) in [5.41, 5.74) is -1.45. The Bertz CT molecular complexity index is 1080. The first-order valence-electron chi connectivity index (χ1n) is 7.01. The van der Waals surface area contributed by atoms with E-state index in [9.17, 15) is 36.6 Å². The van der Waals surface area contributed by atoms with Gasteiger partial charge in [0.05, 0.1) is 9.79 Å². The van der Waals surface area contributed by atoms with E-state index < -0.39 is 64.4 Å². The SMILES string of the molecule is O=C(O)c1cc(S(=O)(=O)NNS(=O)(=O)c2ccc(O)c(C(=O)O)c2)ccc1O. The topological polar surface area (TPSA) is 207 Å². The molecule has 150 valence electrons. The summed E-state index contributed by atoms with van der Waals surface area (Å²) in [6.07, 6.45) is 0. The lowest BCUT2D eigenvalue weighted by Crippen LogP contribution is -2.41. The Kier molecular flexibility index (Phi) is 5.60. The van der Waals surface area contributed by atoms with E-state index in [1.807, 2.05) is 0 Å². The molecule has 0 aromatic heterocycles. The molecule has 0 amide bonds. The summed E-state index contributed by atoms with van der Waals surface area (Å²) in [5.74, 6) is -4.62. The Morgan fingerprint density at radius 3 is 1.29 bits per heavy atom. The molecule has 0 aliphatic heterocycles. The third-order valence-corrected chi connectivity index (χ3v) is 5.95. The van der Waals surface area contributed by atoms with E-state index in [0.717, 1.165) is 24.3 Å². The molecule has 2 aromatic carbocycles. The Morgan fingerprint density at radius 2 is 1.00 bits per heavy atom. The fraction of sp³-hybridized carbons (Fsp3) is 0. The van der Waals surface area contributed by atoms with Crippen LogP contribution >= 0.6 is 0 Å². The van der Waals surface area contributed by atoms with Gasteiger partial charge in [0.1, 0.15) is 22.6 Å². The second-order valence-corrected chi connectivity index (χ2v) is 8.54. The van der Waals surface area contributed by atoms with Crippen LogP contribution in [0.4, 0.5) is 0 Å². The van der Waals surface area contributed by atoms with Crippen molar-refractivity contribution in [2.24, 2.45) is 0 Å². The predicted octanol–water partition coefficient (Wildman–Crippen LogP) is -0.334. The normalized spacial score (nSPS) is 11.9. The summed E-state index contributed by atoms with van der Waals surface area (Å²) in [7, 11) is -9.18. The van der Waals surface area contributed by atoms with Crippen LogP contribution in [0.25, 0.3) is 0 Å². The van der Waals surface area contributed by atoms with Crippen LogP contribution in [0.3, 0.4) is 0 Å². The van der Waals surface area contributed by atoms with Gasteiger partial charge in [-0.2, -0.15) is 0 Å². The van der Waals surface area contributed by atoms with Crippen molar-refractivity contribution >= 4 is 32.0 Å². The number of hydrogen-bond acceptors (Lipinski definition) is 8. The highest BCUT2D eigenvalue weighted by Gasteiger charge is 2.23. The van der Waals surface area contributed by atoms with Crippen LogP contribution in [-0.4, -0.2) is 49.2 Å². The molecule has 0 spiro atoms. The summed E-state index contributed by atoms with van der Waals surface area (Å²) < 4.78 is 48.7. The van der Waals surface area contributed by atoms with E-state index in [-0.39, 0.29) is 0 Å². The fourth-order valence-electron chi connectivity index (χ4n) is 1.93. The summed E-state index contributed by atoms with van der Waals surface area (Å²) in [5, 5.41) is 36.6. The van der Waals surface area contributed by atoms with E-state index in [1.165, 1.54) is 9.66 Å². The standard InChI is InChI=1S/C14H12N2O10S2/c17-11-3-1-7(5-9(11)13(19)20)27(23,24)15-16-28(25,26)8-2-4-12(18)10(6-8)14(21)22/h1-6,15-18H,(H,19,20)(H,21,22). The highest BCUT2D eigenvalue weighted by molar-refractivity contribution is 7.92. The van der Waals surface area contributed by atoms with Crippen LogP contribution in [0.2, 0.25) is 0 Å². The van der Waals surface area contributed by atoms with E-state index in [2.05, 4.69) is 0 Å². The minimum absolute atomic E-state index is 0.609. The van der Waals surface area contributed by atoms with Gasteiger partial charge in [-0.25, -0.2) is 26.4 Å². The number of benzene rings is 2. The van der Waals surface area contributed by atoms with Crippen molar-refractivity contribution in [3.05, 3.63) is 47.5 Å². The molecule has 0 aliphatic rings. The van der Waals surface area contributed by atoms with E-state index in [4.69, 9.17) is 10.2 Å². The van der Waals surface area contributed by atoms with Crippen molar-refractivity contribution in [3.8, 4) is 11.5 Å². The number of nitrogens with one attached hydrogen (secondary N) is 2. The first-order chi connectivity index (χ1) is 12.8. The molecule has 2 rings (SSSR count). The van der Waals surface area contributed by atoms with Crippen LogP contribution in [-0.2, 0) is 20.0 Å². The molecule has 0 bridgehead atoms. The molecule has 6 N–H and O–H groups in total. The van der Waals surface area contributed by atoms with Crippen LogP contribution < -0.4 is 9.66 Å². The molecule has 0 radical (unpaired) electrons. The minimum Gasteiger partial charge on any atom is -0.507 e. The lowest BCUT2D eigenvalue weighted by molar-refractivity contribution is 0.0682. The van der Waals surface area contributed by atoms with Crippen LogP contribution in [0.15, 0.2) is 46.2 Å². The van der Waals surface area contributed by atoms with Crippen LogP contribution in [0.5, 0.6) is 11.5 Å². The third kappa shape index (κ3) is 4.37. The maximum Gasteiger partial charge on any atom is 0.339 e. The molecule has 28 heavy (non-hydrogen) atoms. The molecule has 0 heterocycles. The molecule has 2 aromatic rings. The maximum absolute atomic E-state index is 12.2. The van der Waals surface area contributed by atoms with Gasteiger partial charge >= 0.3 is 11.9 Å². The number of rotatable bonds is 7. The molecular formula is C14H12N2O10S2. The molecule has 0 atom stereocenters. The largest absolute Gasteiger partial charge is 0.507 e. The van der Waals surface area contributed by atoms with E-state index in [1.54, 1.807) is 0 Å². The number of aromatic hydroxyl groups is 2. The molecule has 0 saturated heterocycles. The number of carbonyl (C=O) groups is 2. The molecule has 0 fully saturated rings. The Hall–Kier alpha value is -3.20. The summed E-state index contributed by atoms with van der Waals surface area (Å²) >= 11 is 0. The van der Waals surface area contributed by atoms with Crippen molar-refractivity contribution < 1.29 is 46.9 Å². The quantitative estimate of drug-likeness (QED) is 0.314. The zero-order valence-electron chi connectivity index (χ0n) is 13.5. The Labute approximate surface area is 157 Å². The average Bonchev–Trinajstić information content (AvgIpc) is 2.60. The maximum atomic E-state index is 12.2. The zero-order chi connectivity index (χ0) is 21.3. The second kappa shape index (κ2) is 7.43. The van der Waals surface area contributed by atoms with Gasteiger partial charge in [0.25, 0.3) is 20.0 Å². The average molecular weight is 432 g/mol. The van der Waals surface area contributed by atoms with Crippen molar-refractivity contribution in [1.82, 2.24) is 9.66 Å². The number of hydrogen-bond donors (Lipinski definition) is 6. The number of aromatic carboxylic acids is 2. The van der Waals surface area contributed by atoms with Gasteiger partial charge in [-0.05, 0) is 36.4 Å². The van der Waals surface area contributed by atoms with Crippen molar-refractivity contribution in [2.75, 3.05) is 0 Å². The number of carboxylic acids is 2. The smallest absolute Gasteiger partial charge is 0.339 e. The van der Waals surface area contributed by atoms with Crippen molar-refractivity contribution in [2.45, 2.75) is 9.79 Å². The van der Waals surface area contributed by atoms with Gasteiger partial charge in [0.15, 0.2) is 0 Å². The summed E-state index contributed by atoms with van der Waals surface area (Å²) in [4.78, 5) is 23.6. The van der Waals surface area contributed by atoms with Crippen molar-refractivity contribution in [1.29, 1.82) is 0 Å². The second-order valence-electron chi connectivity index (χ2n) is 5.18. The van der Waals surface area contributed by atoms with E-state index >= 15 is 0 Å². The molecular weight excluding hydrogens is 420 g/mol. The van der Waals surface area contributed by atoms with Gasteiger partial charge in [0, 0.05) is 0 Å². The lowest BCUT2D eigenvalue weighted by Gasteiger charge is -2.11. The molecule has 0 unspecified atom stereocenters. The number of phenols is 2. The molecule has 12 nitrogen and oxygen atoms in total. The third-order valence-electron chi connectivity index (χ3n) is 3.33. The first-order valence-corrected chi connectivity index (χ1v) is 9.98. The van der Waals surface area contributed by atoms with Crippen LogP contribution in [0, 0.1) is 0 Å². The summed E-state index contributed by atoms with van der Waals surface area (Å²) in [6, 6.07) is 4.48. The van der Waals surface area contributed by atoms with Gasteiger partial charge in [-0.1, -0.05) is 0 Å². The summed E-state index contributed by atoms with van der Waals surface area (Å²) in [6.45, 7) is 0. The number of hydrazine groups is 1. The minimum atomic E-state index is -4.59. The van der Waals surface area contributed by atoms with Gasteiger partial charge in [0.2, 0.25) is 0 Å². The first kappa shape index (κ1) is 21.1. The van der Waals surface area contributed by atoms with Crippen LogP contribution in [0.1, 0.15) is 20.7 Å². The fourth-order valence-corrected chi connectivity index (χ4v) is 4.09. The molecule has 14 heteroatoms. The highest BCUT2D eigenvalue weighted by Crippen LogP contribution is 2.22. The van der Waals surface area contributed by atoms with Gasteiger partial charge < -0.3 is 20.4 Å². The number of sulfonamides is 2. The van der Waals surface area contributed by atoms with E-state index in [0.29, 0.717) is 12.1 Å². The highest BCUT2D eigenvalue weighted by atomic mass is 32.2. The van der Waals surface area contributed by atoms with Gasteiger partial charge in [-0.15, -0.1) is 9.66 Å². The van der Waals surface area contributed by atoms with Crippen molar-refractivity contribution in [3.63, 3.8) is 0 Å². The monoisotopic (exact) mass is 432 g/mol. The zero-order valence-corrected chi connectivity index (χ0v) is 15.2. The number of carboxylic acid groups (broad SMARTS) is 2. The predicted molar refractivity (Wildman–Crippen MR) is 90.8 cm³/mol. The molecule has 0 aliphatic carbocycles.